The van der Waals surface area contributed by atoms with Gasteiger partial charge in [-0.2, -0.15) is 0 Å². The maximum atomic E-state index is 12.3. The highest BCUT2D eigenvalue weighted by atomic mass is 79.9. The summed E-state index contributed by atoms with van der Waals surface area (Å²) in [5.74, 6) is -0.918. The number of ketones is 1. The molecule has 6 nitrogen and oxygen atoms in total. The number of carbonyl (C=O) groups is 3. The van der Waals surface area contributed by atoms with E-state index in [4.69, 9.17) is 4.74 Å². The number of carbonyl (C=O) groups excluding carboxylic acids is 3. The number of rotatable bonds is 6. The second-order valence-electron chi connectivity index (χ2n) is 6.26. The van der Waals surface area contributed by atoms with Crippen LogP contribution in [0, 0.1) is 0 Å². The number of hydrogen-bond acceptors (Lipinski definition) is 5. The zero-order chi connectivity index (χ0) is 19.4. The molecule has 0 bridgehead atoms. The standard InChI is InChI=1S/C20H19BrN2O4/c1-12(19(25)13-6-8-14(21)9-7-13)27-18(24)11-10-17-22-16-5-3-2-4-15(16)20(26)23-17/h2-9,12,17,22H,10-11H2,1H3,(H,23,26). The molecule has 0 fully saturated rings. The van der Waals surface area contributed by atoms with Crippen molar-refractivity contribution in [3.8, 4) is 0 Å². The zero-order valence-corrected chi connectivity index (χ0v) is 16.3. The highest BCUT2D eigenvalue weighted by molar-refractivity contribution is 9.10. The van der Waals surface area contributed by atoms with Gasteiger partial charge in [0.2, 0.25) is 5.78 Å². The number of hydrogen-bond donors (Lipinski definition) is 2. The van der Waals surface area contributed by atoms with E-state index in [9.17, 15) is 14.4 Å². The molecule has 2 unspecified atom stereocenters. The van der Waals surface area contributed by atoms with E-state index in [1.807, 2.05) is 12.1 Å². The molecule has 0 aromatic heterocycles. The molecule has 0 spiro atoms. The number of nitrogens with one attached hydrogen (secondary N) is 2. The molecule has 2 atom stereocenters. The lowest BCUT2D eigenvalue weighted by molar-refractivity contribution is -0.146. The van der Waals surface area contributed by atoms with E-state index in [1.54, 1.807) is 43.3 Å². The number of benzene rings is 2. The van der Waals surface area contributed by atoms with E-state index in [0.29, 0.717) is 17.5 Å². The third kappa shape index (κ3) is 4.74. The topological polar surface area (TPSA) is 84.5 Å². The summed E-state index contributed by atoms with van der Waals surface area (Å²) < 4.78 is 6.11. The molecule has 140 valence electrons. The van der Waals surface area contributed by atoms with Crippen LogP contribution in [0.3, 0.4) is 0 Å². The van der Waals surface area contributed by atoms with E-state index in [1.165, 1.54) is 0 Å². The van der Waals surface area contributed by atoms with Crippen LogP contribution in [0.2, 0.25) is 0 Å². The summed E-state index contributed by atoms with van der Waals surface area (Å²) in [5.41, 5.74) is 1.79. The Morgan fingerprint density at radius 3 is 2.56 bits per heavy atom. The molecule has 1 aliphatic heterocycles. The fraction of sp³-hybridized carbons (Fsp3) is 0.250. The Bertz CT molecular complexity index is 867. The van der Waals surface area contributed by atoms with E-state index in [0.717, 1.165) is 10.2 Å². The van der Waals surface area contributed by atoms with Gasteiger partial charge in [-0.1, -0.05) is 40.2 Å². The van der Waals surface area contributed by atoms with Gasteiger partial charge in [0.05, 0.1) is 11.7 Å². The number of anilines is 1. The summed E-state index contributed by atoms with van der Waals surface area (Å²) in [6, 6.07) is 14.1. The Morgan fingerprint density at radius 1 is 1.11 bits per heavy atom. The van der Waals surface area contributed by atoms with E-state index < -0.39 is 12.1 Å². The number of fused-ring (bicyclic) bond motifs is 1. The molecule has 7 heteroatoms. The molecule has 0 saturated carbocycles. The average Bonchev–Trinajstić information content (AvgIpc) is 2.66. The minimum Gasteiger partial charge on any atom is -0.454 e. The summed E-state index contributed by atoms with van der Waals surface area (Å²) in [4.78, 5) is 36.5. The maximum Gasteiger partial charge on any atom is 0.306 e. The molecular formula is C20H19BrN2O4. The smallest absolute Gasteiger partial charge is 0.306 e. The summed E-state index contributed by atoms with van der Waals surface area (Å²) >= 11 is 3.31. The monoisotopic (exact) mass is 430 g/mol. The van der Waals surface area contributed by atoms with Crippen LogP contribution in [0.1, 0.15) is 40.5 Å². The van der Waals surface area contributed by atoms with Crippen molar-refractivity contribution in [1.82, 2.24) is 5.32 Å². The first-order valence-electron chi connectivity index (χ1n) is 8.60. The molecule has 0 aliphatic carbocycles. The summed E-state index contributed by atoms with van der Waals surface area (Å²) in [6.45, 7) is 1.55. The predicted molar refractivity (Wildman–Crippen MR) is 105 cm³/mol. The first-order chi connectivity index (χ1) is 12.9. The number of Topliss-reactive ketones (excluding diaryl/α,β-unsaturated/α-hetero) is 1. The van der Waals surface area contributed by atoms with Gasteiger partial charge in [-0.25, -0.2) is 0 Å². The summed E-state index contributed by atoms with van der Waals surface area (Å²) in [5, 5.41) is 5.98. The number of esters is 1. The molecule has 1 heterocycles. The van der Waals surface area contributed by atoms with Gasteiger partial charge in [0, 0.05) is 22.1 Å². The maximum absolute atomic E-state index is 12.3. The van der Waals surface area contributed by atoms with Crippen LogP contribution in [0.15, 0.2) is 53.0 Å². The van der Waals surface area contributed by atoms with Crippen molar-refractivity contribution in [3.63, 3.8) is 0 Å². The van der Waals surface area contributed by atoms with Crippen LogP contribution < -0.4 is 10.6 Å². The molecule has 0 radical (unpaired) electrons. The van der Waals surface area contributed by atoms with Crippen molar-refractivity contribution >= 4 is 39.3 Å². The van der Waals surface area contributed by atoms with Crippen molar-refractivity contribution in [2.24, 2.45) is 0 Å². The zero-order valence-electron chi connectivity index (χ0n) is 14.7. The molecule has 2 aromatic rings. The third-order valence-corrected chi connectivity index (χ3v) is 4.78. The number of para-hydroxylation sites is 1. The van der Waals surface area contributed by atoms with Gasteiger partial charge < -0.3 is 15.4 Å². The van der Waals surface area contributed by atoms with Crippen molar-refractivity contribution in [3.05, 3.63) is 64.1 Å². The van der Waals surface area contributed by atoms with Crippen molar-refractivity contribution < 1.29 is 19.1 Å². The highest BCUT2D eigenvalue weighted by Crippen LogP contribution is 2.21. The largest absolute Gasteiger partial charge is 0.454 e. The summed E-state index contributed by atoms with van der Waals surface area (Å²) in [6.07, 6.45) is -0.790. The van der Waals surface area contributed by atoms with Gasteiger partial charge in [-0.15, -0.1) is 0 Å². The molecule has 3 rings (SSSR count). The second kappa shape index (κ2) is 8.35. The Labute approximate surface area is 165 Å². The first-order valence-corrected chi connectivity index (χ1v) is 9.39. The summed E-state index contributed by atoms with van der Waals surface area (Å²) in [7, 11) is 0. The molecule has 2 N–H and O–H groups in total. The van der Waals surface area contributed by atoms with Crippen LogP contribution in [-0.4, -0.2) is 29.9 Å². The first kappa shape index (κ1) is 19.1. The quantitative estimate of drug-likeness (QED) is 0.540. The minimum atomic E-state index is -0.867. The molecule has 1 amide bonds. The van der Waals surface area contributed by atoms with E-state index in [2.05, 4.69) is 26.6 Å². The van der Waals surface area contributed by atoms with Crippen molar-refractivity contribution in [1.29, 1.82) is 0 Å². The van der Waals surface area contributed by atoms with Gasteiger partial charge in [0.25, 0.3) is 5.91 Å². The Kier molecular flexibility index (Phi) is 5.91. The van der Waals surface area contributed by atoms with Crippen molar-refractivity contribution in [2.45, 2.75) is 32.0 Å². The second-order valence-corrected chi connectivity index (χ2v) is 7.17. The van der Waals surface area contributed by atoms with Gasteiger partial charge in [0.1, 0.15) is 0 Å². The highest BCUT2D eigenvalue weighted by Gasteiger charge is 2.24. The number of halogens is 1. The van der Waals surface area contributed by atoms with Gasteiger partial charge in [-0.05, 0) is 37.6 Å². The number of ether oxygens (including phenoxy) is 1. The minimum absolute atomic E-state index is 0.0814. The van der Waals surface area contributed by atoms with Crippen LogP contribution in [-0.2, 0) is 9.53 Å². The lowest BCUT2D eigenvalue weighted by Crippen LogP contribution is -2.45. The Balaban J connectivity index is 1.50. The Hall–Kier alpha value is -2.67. The molecule has 27 heavy (non-hydrogen) atoms. The van der Waals surface area contributed by atoms with E-state index >= 15 is 0 Å². The van der Waals surface area contributed by atoms with Gasteiger partial charge >= 0.3 is 5.97 Å². The molecular weight excluding hydrogens is 412 g/mol. The molecule has 0 saturated heterocycles. The normalized spacial score (nSPS) is 16.5. The van der Waals surface area contributed by atoms with E-state index in [-0.39, 0.29) is 24.3 Å². The molecule has 1 aliphatic rings. The fourth-order valence-corrected chi connectivity index (χ4v) is 3.10. The van der Waals surface area contributed by atoms with Crippen LogP contribution in [0.4, 0.5) is 5.69 Å². The fourth-order valence-electron chi connectivity index (χ4n) is 2.83. The lowest BCUT2D eigenvalue weighted by atomic mass is 10.1. The SMILES string of the molecule is CC(OC(=O)CCC1NC(=O)c2ccccc2N1)C(=O)c1ccc(Br)cc1. The lowest BCUT2D eigenvalue weighted by Gasteiger charge is -2.27. The van der Waals surface area contributed by atoms with Gasteiger partial charge in [-0.3, -0.25) is 14.4 Å². The third-order valence-electron chi connectivity index (χ3n) is 4.25. The van der Waals surface area contributed by atoms with Crippen LogP contribution in [0.25, 0.3) is 0 Å². The average molecular weight is 431 g/mol. The van der Waals surface area contributed by atoms with Crippen molar-refractivity contribution in [2.75, 3.05) is 5.32 Å². The van der Waals surface area contributed by atoms with Crippen LogP contribution in [0.5, 0.6) is 0 Å². The van der Waals surface area contributed by atoms with Gasteiger partial charge in [0.15, 0.2) is 6.10 Å². The Morgan fingerprint density at radius 2 is 1.81 bits per heavy atom. The predicted octanol–water partition coefficient (Wildman–Crippen LogP) is 3.53. The molecule has 2 aromatic carbocycles. The number of amides is 1. The van der Waals surface area contributed by atoms with Crippen LogP contribution >= 0.6 is 15.9 Å².